The molecular formula is C23H19F3N6O3S. The van der Waals surface area contributed by atoms with E-state index in [1.54, 1.807) is 25.1 Å². The molecule has 0 saturated carbocycles. The van der Waals surface area contributed by atoms with Gasteiger partial charge in [0.2, 0.25) is 0 Å². The number of carbonyl (C=O) groups is 1. The summed E-state index contributed by atoms with van der Waals surface area (Å²) < 4.78 is 64.6. The first-order valence-electron chi connectivity index (χ1n) is 10.4. The molecule has 186 valence electrons. The van der Waals surface area contributed by atoms with E-state index in [2.05, 4.69) is 19.9 Å². The second-order valence-corrected chi connectivity index (χ2v) is 9.90. The number of sulfone groups is 1. The topological polar surface area (TPSA) is 132 Å². The van der Waals surface area contributed by atoms with Crippen LogP contribution in [0.3, 0.4) is 0 Å². The zero-order valence-corrected chi connectivity index (χ0v) is 19.8. The van der Waals surface area contributed by atoms with Gasteiger partial charge < -0.3 is 10.6 Å². The lowest BCUT2D eigenvalue weighted by Crippen LogP contribution is -2.32. The summed E-state index contributed by atoms with van der Waals surface area (Å²) in [4.78, 5) is 30.6. The van der Waals surface area contributed by atoms with Crippen molar-refractivity contribution in [3.05, 3.63) is 77.4 Å². The molecule has 0 radical (unpaired) electrons. The van der Waals surface area contributed by atoms with Gasteiger partial charge in [-0.3, -0.25) is 9.78 Å². The van der Waals surface area contributed by atoms with Crippen LogP contribution in [0.15, 0.2) is 60.0 Å². The predicted molar refractivity (Wildman–Crippen MR) is 126 cm³/mol. The summed E-state index contributed by atoms with van der Waals surface area (Å²) in [5.41, 5.74) is 6.27. The zero-order valence-electron chi connectivity index (χ0n) is 19.0. The van der Waals surface area contributed by atoms with Crippen LogP contribution in [0.1, 0.15) is 27.2 Å². The number of carbonyl (C=O) groups excluding carboxylic acids is 1. The van der Waals surface area contributed by atoms with Gasteiger partial charge in [0.15, 0.2) is 14.9 Å². The third kappa shape index (κ3) is 5.10. The van der Waals surface area contributed by atoms with Gasteiger partial charge in [0.1, 0.15) is 5.82 Å². The lowest BCUT2D eigenvalue weighted by atomic mass is 10.1. The molecule has 9 nitrogen and oxygen atoms in total. The Bertz CT molecular complexity index is 1590. The number of nitrogens with two attached hydrogens (primary N) is 1. The van der Waals surface area contributed by atoms with Gasteiger partial charge in [0.25, 0.3) is 5.91 Å². The summed E-state index contributed by atoms with van der Waals surface area (Å²) in [7, 11) is -3.90. The number of amides is 1. The van der Waals surface area contributed by atoms with Crippen LogP contribution in [0, 0.1) is 6.92 Å². The van der Waals surface area contributed by atoms with Gasteiger partial charge in [-0.25, -0.2) is 23.4 Å². The van der Waals surface area contributed by atoms with Crippen molar-refractivity contribution in [3.63, 3.8) is 0 Å². The summed E-state index contributed by atoms with van der Waals surface area (Å²) in [5, 5.41) is -0.404. The van der Waals surface area contributed by atoms with Gasteiger partial charge in [0, 0.05) is 24.8 Å². The number of hydrogen-bond donors (Lipinski definition) is 1. The standard InChI is InChI=1S/C23H19F3N6O3S/c1-13-20(27)31-18-8-14(5-6-17(18)30-13)12-32(19-4-3-7-29-21(19)36(2,34)35)22(33)15-9-16(11-28-10-15)23(24,25)26/h3-11H,12H2,1-2H3,(H2,27,31). The molecule has 0 aliphatic heterocycles. The largest absolute Gasteiger partial charge is 0.417 e. The normalized spacial score (nSPS) is 12.0. The minimum Gasteiger partial charge on any atom is -0.382 e. The molecule has 0 spiro atoms. The Labute approximate surface area is 203 Å². The predicted octanol–water partition coefficient (Wildman–Crippen LogP) is 3.58. The van der Waals surface area contributed by atoms with Gasteiger partial charge >= 0.3 is 6.18 Å². The summed E-state index contributed by atoms with van der Waals surface area (Å²) >= 11 is 0. The number of fused-ring (bicyclic) bond motifs is 1. The van der Waals surface area contributed by atoms with Crippen LogP contribution in [-0.4, -0.2) is 40.5 Å². The van der Waals surface area contributed by atoms with E-state index in [1.165, 1.54) is 18.3 Å². The molecule has 13 heteroatoms. The molecule has 0 saturated heterocycles. The van der Waals surface area contributed by atoms with E-state index in [4.69, 9.17) is 5.73 Å². The molecule has 1 aromatic carbocycles. The number of alkyl halides is 3. The molecule has 0 bridgehead atoms. The molecule has 3 heterocycles. The summed E-state index contributed by atoms with van der Waals surface area (Å²) in [5.74, 6) is -0.685. The van der Waals surface area contributed by atoms with Crippen LogP contribution < -0.4 is 10.6 Å². The Morgan fingerprint density at radius 1 is 1.08 bits per heavy atom. The summed E-state index contributed by atoms with van der Waals surface area (Å²) in [6.45, 7) is 1.49. The molecule has 4 aromatic rings. The molecular weight excluding hydrogens is 497 g/mol. The van der Waals surface area contributed by atoms with Crippen molar-refractivity contribution in [3.8, 4) is 0 Å². The first-order valence-corrected chi connectivity index (χ1v) is 12.3. The SMILES string of the molecule is Cc1nc2ccc(CN(C(=O)c3cncc(C(F)(F)F)c3)c3cccnc3S(C)(=O)=O)cc2nc1N. The van der Waals surface area contributed by atoms with Crippen LogP contribution in [0.2, 0.25) is 0 Å². The van der Waals surface area contributed by atoms with Crippen molar-refractivity contribution in [1.82, 2.24) is 19.9 Å². The number of rotatable bonds is 5. The lowest BCUT2D eigenvalue weighted by Gasteiger charge is -2.25. The molecule has 4 rings (SSSR count). The highest BCUT2D eigenvalue weighted by molar-refractivity contribution is 7.90. The molecule has 3 aromatic heterocycles. The average molecular weight is 517 g/mol. The molecule has 0 aliphatic rings. The number of halogens is 3. The minimum atomic E-state index is -4.73. The highest BCUT2D eigenvalue weighted by Gasteiger charge is 2.33. The van der Waals surface area contributed by atoms with Crippen molar-refractivity contribution in [2.45, 2.75) is 24.7 Å². The number of aryl methyl sites for hydroxylation is 1. The summed E-state index contributed by atoms with van der Waals surface area (Å²) in [6.07, 6.45) is -0.984. The molecule has 36 heavy (non-hydrogen) atoms. The van der Waals surface area contributed by atoms with E-state index in [0.29, 0.717) is 34.6 Å². The number of nitrogens with zero attached hydrogens (tertiary/aromatic N) is 5. The van der Waals surface area contributed by atoms with E-state index < -0.39 is 32.5 Å². The van der Waals surface area contributed by atoms with Crippen molar-refractivity contribution >= 4 is 38.3 Å². The van der Waals surface area contributed by atoms with Crippen LogP contribution in [0.5, 0.6) is 0 Å². The van der Waals surface area contributed by atoms with E-state index in [9.17, 15) is 26.4 Å². The molecule has 0 atom stereocenters. The van der Waals surface area contributed by atoms with E-state index in [-0.39, 0.29) is 23.6 Å². The average Bonchev–Trinajstić information content (AvgIpc) is 2.82. The number of aromatic nitrogens is 4. The smallest absolute Gasteiger partial charge is 0.382 e. The molecule has 2 N–H and O–H groups in total. The van der Waals surface area contributed by atoms with Crippen LogP contribution in [0.25, 0.3) is 11.0 Å². The third-order valence-corrected chi connectivity index (χ3v) is 6.25. The Hall–Kier alpha value is -4.13. The van der Waals surface area contributed by atoms with E-state index >= 15 is 0 Å². The molecule has 0 fully saturated rings. The fourth-order valence-electron chi connectivity index (χ4n) is 3.49. The first kappa shape index (κ1) is 25.0. The lowest BCUT2D eigenvalue weighted by molar-refractivity contribution is -0.137. The Morgan fingerprint density at radius 3 is 2.53 bits per heavy atom. The monoisotopic (exact) mass is 516 g/mol. The quantitative estimate of drug-likeness (QED) is 0.426. The summed E-state index contributed by atoms with van der Waals surface area (Å²) in [6, 6.07) is 8.34. The highest BCUT2D eigenvalue weighted by atomic mass is 32.2. The first-order chi connectivity index (χ1) is 16.8. The van der Waals surface area contributed by atoms with E-state index in [0.717, 1.165) is 17.4 Å². The van der Waals surface area contributed by atoms with Crippen molar-refractivity contribution < 1.29 is 26.4 Å². The number of benzene rings is 1. The fraction of sp³-hybridized carbons (Fsp3) is 0.174. The number of anilines is 2. The van der Waals surface area contributed by atoms with Gasteiger partial charge in [-0.15, -0.1) is 0 Å². The Morgan fingerprint density at radius 2 is 1.83 bits per heavy atom. The van der Waals surface area contributed by atoms with Gasteiger partial charge in [-0.2, -0.15) is 13.2 Å². The maximum atomic E-state index is 13.5. The van der Waals surface area contributed by atoms with Gasteiger partial charge in [0.05, 0.1) is 40.1 Å². The second kappa shape index (κ2) is 9.15. The van der Waals surface area contributed by atoms with Crippen molar-refractivity contribution in [2.75, 3.05) is 16.9 Å². The second-order valence-electron chi connectivity index (χ2n) is 7.97. The van der Waals surface area contributed by atoms with Crippen LogP contribution in [0.4, 0.5) is 24.7 Å². The fourth-order valence-corrected chi connectivity index (χ4v) is 4.30. The zero-order chi connectivity index (χ0) is 26.3. The number of hydrogen-bond acceptors (Lipinski definition) is 8. The van der Waals surface area contributed by atoms with Crippen LogP contribution >= 0.6 is 0 Å². The number of nitrogen functional groups attached to an aromatic ring is 1. The molecule has 0 aliphatic carbocycles. The minimum absolute atomic E-state index is 0.1000. The maximum Gasteiger partial charge on any atom is 0.417 e. The van der Waals surface area contributed by atoms with Gasteiger partial charge in [-0.05, 0) is 42.8 Å². The van der Waals surface area contributed by atoms with E-state index in [1.807, 2.05) is 0 Å². The highest BCUT2D eigenvalue weighted by Crippen LogP contribution is 2.31. The Balaban J connectivity index is 1.85. The van der Waals surface area contributed by atoms with Crippen molar-refractivity contribution in [2.24, 2.45) is 0 Å². The molecule has 0 unspecified atom stereocenters. The maximum absolute atomic E-state index is 13.5. The Kier molecular flexibility index (Phi) is 6.35. The van der Waals surface area contributed by atoms with Crippen LogP contribution in [-0.2, 0) is 22.6 Å². The number of pyridine rings is 2. The third-order valence-electron chi connectivity index (χ3n) is 5.23. The van der Waals surface area contributed by atoms with Crippen molar-refractivity contribution in [1.29, 1.82) is 0 Å². The van der Waals surface area contributed by atoms with Gasteiger partial charge in [-0.1, -0.05) is 6.07 Å². The molecule has 1 amide bonds.